The molecular weight excluding hydrogens is 525 g/mol. The molecule has 0 spiro atoms. The molecule has 2 aliphatic heterocycles. The largest absolute Gasteiger partial charge is 0.336 e. The van der Waals surface area contributed by atoms with E-state index in [1.807, 2.05) is 11.0 Å². The van der Waals surface area contributed by atoms with E-state index >= 15 is 0 Å². The number of piperazine rings is 1. The average molecular weight is 550 g/mol. The first kappa shape index (κ1) is 26.2. The Morgan fingerprint density at radius 1 is 0.895 bits per heavy atom. The molecule has 0 saturated carbocycles. The van der Waals surface area contributed by atoms with Gasteiger partial charge in [-0.1, -0.05) is 48.0 Å². The van der Waals surface area contributed by atoms with Crippen LogP contribution in [-0.2, 0) is 17.9 Å². The van der Waals surface area contributed by atoms with Gasteiger partial charge in [0.25, 0.3) is 17.1 Å². The predicted molar refractivity (Wildman–Crippen MR) is 147 cm³/mol. The van der Waals surface area contributed by atoms with Crippen LogP contribution < -0.4 is 0 Å². The van der Waals surface area contributed by atoms with Crippen LogP contribution in [0, 0.1) is 5.82 Å². The van der Waals surface area contributed by atoms with Gasteiger partial charge in [0, 0.05) is 43.3 Å². The number of halogens is 2. The number of nitrogens with zero attached hydrogens (tertiary/aromatic N) is 3. The molecule has 6 nitrogen and oxygen atoms in total. The van der Waals surface area contributed by atoms with E-state index in [4.69, 9.17) is 11.6 Å². The van der Waals surface area contributed by atoms with Crippen LogP contribution in [0.5, 0.6) is 0 Å². The lowest BCUT2D eigenvalue weighted by atomic mass is 10.1. The summed E-state index contributed by atoms with van der Waals surface area (Å²) in [6.45, 7) is 3.59. The molecule has 0 unspecified atom stereocenters. The predicted octanol–water partition coefficient (Wildman–Crippen LogP) is 5.67. The van der Waals surface area contributed by atoms with Crippen molar-refractivity contribution in [1.82, 2.24) is 14.7 Å². The molecule has 0 radical (unpaired) electrons. The summed E-state index contributed by atoms with van der Waals surface area (Å²) < 4.78 is 13.1. The second kappa shape index (κ2) is 11.5. The highest BCUT2D eigenvalue weighted by molar-refractivity contribution is 8.18. The van der Waals surface area contributed by atoms with Gasteiger partial charge >= 0.3 is 0 Å². The lowest BCUT2D eigenvalue weighted by Crippen LogP contribution is -2.48. The van der Waals surface area contributed by atoms with Crippen LogP contribution in [0.2, 0.25) is 5.02 Å². The monoisotopic (exact) mass is 549 g/mol. The Morgan fingerprint density at radius 2 is 1.61 bits per heavy atom. The normalized spacial score (nSPS) is 17.5. The second-order valence-electron chi connectivity index (χ2n) is 9.21. The zero-order valence-corrected chi connectivity index (χ0v) is 22.1. The Labute approximate surface area is 229 Å². The maximum Gasteiger partial charge on any atom is 0.293 e. The summed E-state index contributed by atoms with van der Waals surface area (Å²) in [5.74, 6) is -0.636. The summed E-state index contributed by atoms with van der Waals surface area (Å²) in [5, 5.41) is 0.220. The van der Waals surface area contributed by atoms with E-state index in [2.05, 4.69) is 4.90 Å². The minimum atomic E-state index is -0.348. The van der Waals surface area contributed by atoms with Crippen molar-refractivity contribution < 1.29 is 18.8 Å². The summed E-state index contributed by atoms with van der Waals surface area (Å²) in [6.07, 6.45) is 1.67. The topological polar surface area (TPSA) is 60.9 Å². The molecule has 0 atom stereocenters. The van der Waals surface area contributed by atoms with Crippen molar-refractivity contribution >= 4 is 46.5 Å². The molecule has 194 valence electrons. The molecule has 0 N–H and O–H groups in total. The van der Waals surface area contributed by atoms with Crippen LogP contribution in [0.1, 0.15) is 27.0 Å². The van der Waals surface area contributed by atoms with Crippen LogP contribution in [-0.4, -0.2) is 57.9 Å². The summed E-state index contributed by atoms with van der Waals surface area (Å²) in [6, 6.07) is 20.6. The molecule has 2 aliphatic rings. The number of hydrogen-bond acceptors (Lipinski definition) is 5. The lowest BCUT2D eigenvalue weighted by Gasteiger charge is -2.34. The third-order valence-corrected chi connectivity index (χ3v) is 7.68. The van der Waals surface area contributed by atoms with Crippen LogP contribution >= 0.6 is 23.4 Å². The van der Waals surface area contributed by atoms with Gasteiger partial charge in [0.05, 0.1) is 11.4 Å². The quantitative estimate of drug-likeness (QED) is 0.371. The fourth-order valence-corrected chi connectivity index (χ4v) is 5.52. The van der Waals surface area contributed by atoms with Crippen molar-refractivity contribution in [1.29, 1.82) is 0 Å². The highest BCUT2D eigenvalue weighted by Gasteiger charge is 2.35. The van der Waals surface area contributed by atoms with E-state index in [-0.39, 0.29) is 29.4 Å². The van der Waals surface area contributed by atoms with Gasteiger partial charge in [-0.2, -0.15) is 0 Å². The summed E-state index contributed by atoms with van der Waals surface area (Å²) in [7, 11) is 0. The molecule has 5 rings (SSSR count). The van der Waals surface area contributed by atoms with Crippen molar-refractivity contribution in [3.05, 3.63) is 111 Å². The Kier molecular flexibility index (Phi) is 7.93. The molecule has 0 bridgehead atoms. The fraction of sp³-hybridized carbons (Fsp3) is 0.207. The van der Waals surface area contributed by atoms with Crippen LogP contribution in [0.4, 0.5) is 9.18 Å². The van der Waals surface area contributed by atoms with Crippen molar-refractivity contribution in [2.75, 3.05) is 26.2 Å². The first-order valence-corrected chi connectivity index (χ1v) is 13.4. The van der Waals surface area contributed by atoms with Crippen molar-refractivity contribution in [3.8, 4) is 0 Å². The average Bonchev–Trinajstić information content (AvgIpc) is 3.18. The van der Waals surface area contributed by atoms with Gasteiger partial charge in [0.2, 0.25) is 0 Å². The Morgan fingerprint density at radius 3 is 2.29 bits per heavy atom. The molecule has 3 aromatic rings. The second-order valence-corrected chi connectivity index (χ2v) is 10.6. The highest BCUT2D eigenvalue weighted by Crippen LogP contribution is 2.33. The smallest absolute Gasteiger partial charge is 0.293 e. The number of carbonyl (C=O) groups is 3. The van der Waals surface area contributed by atoms with E-state index < -0.39 is 0 Å². The van der Waals surface area contributed by atoms with E-state index in [0.717, 1.165) is 48.1 Å². The summed E-state index contributed by atoms with van der Waals surface area (Å²) in [5.41, 5.74) is 3.13. The number of amides is 3. The number of imide groups is 1. The van der Waals surface area contributed by atoms with Crippen molar-refractivity contribution in [2.24, 2.45) is 0 Å². The minimum absolute atomic E-state index is 0.0418. The minimum Gasteiger partial charge on any atom is -0.336 e. The van der Waals surface area contributed by atoms with Gasteiger partial charge in [0.1, 0.15) is 5.82 Å². The maximum absolute atomic E-state index is 13.1. The third kappa shape index (κ3) is 6.15. The van der Waals surface area contributed by atoms with Gasteiger partial charge in [-0.05, 0) is 70.9 Å². The lowest BCUT2D eigenvalue weighted by molar-refractivity contribution is -0.123. The van der Waals surface area contributed by atoms with Crippen LogP contribution in [0.25, 0.3) is 6.08 Å². The van der Waals surface area contributed by atoms with E-state index in [0.29, 0.717) is 28.6 Å². The zero-order valence-electron chi connectivity index (χ0n) is 20.5. The first-order valence-electron chi connectivity index (χ1n) is 12.2. The molecule has 0 aliphatic carbocycles. The molecular formula is C29H25ClFN3O3S. The number of thioether (sulfide) groups is 1. The summed E-state index contributed by atoms with van der Waals surface area (Å²) in [4.78, 5) is 44.0. The molecule has 9 heteroatoms. The van der Waals surface area contributed by atoms with Gasteiger partial charge in [-0.25, -0.2) is 4.39 Å². The van der Waals surface area contributed by atoms with E-state index in [1.165, 1.54) is 17.0 Å². The third-order valence-electron chi connectivity index (χ3n) is 6.54. The molecule has 3 amide bonds. The van der Waals surface area contributed by atoms with Crippen LogP contribution in [0.15, 0.2) is 77.7 Å². The van der Waals surface area contributed by atoms with E-state index in [1.54, 1.807) is 60.7 Å². The molecule has 2 fully saturated rings. The Hall–Kier alpha value is -3.46. The van der Waals surface area contributed by atoms with Gasteiger partial charge in [0.15, 0.2) is 0 Å². The van der Waals surface area contributed by atoms with Crippen molar-refractivity contribution in [3.63, 3.8) is 0 Å². The standard InChI is InChI=1S/C29H25ClFN3O3S/c30-24-3-1-2-22(16-24)19-34-28(36)26(38-29(34)37)17-20-4-8-23(9-5-20)27(35)33-14-12-32(13-15-33)18-21-6-10-25(31)11-7-21/h1-11,16-17H,12-15,18-19H2/b26-17-. The first-order chi connectivity index (χ1) is 18.4. The van der Waals surface area contributed by atoms with Gasteiger partial charge in [-0.3, -0.25) is 24.2 Å². The van der Waals surface area contributed by atoms with Crippen molar-refractivity contribution in [2.45, 2.75) is 13.1 Å². The number of rotatable bonds is 6. The molecule has 0 aromatic heterocycles. The number of carbonyl (C=O) groups excluding carboxylic acids is 3. The summed E-state index contributed by atoms with van der Waals surface area (Å²) >= 11 is 6.92. The zero-order chi connectivity index (χ0) is 26.6. The van der Waals surface area contributed by atoms with Gasteiger partial charge in [-0.15, -0.1) is 0 Å². The Balaban J connectivity index is 1.17. The maximum atomic E-state index is 13.1. The SMILES string of the molecule is O=C(c1ccc(/C=C2\SC(=O)N(Cc3cccc(Cl)c3)C2=O)cc1)N1CCN(Cc2ccc(F)cc2)CC1. The molecule has 2 saturated heterocycles. The number of benzene rings is 3. The van der Waals surface area contributed by atoms with Gasteiger partial charge < -0.3 is 4.90 Å². The van der Waals surface area contributed by atoms with Crippen LogP contribution in [0.3, 0.4) is 0 Å². The fourth-order valence-electron chi connectivity index (χ4n) is 4.47. The number of hydrogen-bond donors (Lipinski definition) is 0. The molecule has 38 heavy (non-hydrogen) atoms. The highest BCUT2D eigenvalue weighted by atomic mass is 35.5. The van der Waals surface area contributed by atoms with E-state index in [9.17, 15) is 18.8 Å². The molecule has 3 aromatic carbocycles. The Bertz CT molecular complexity index is 1390. The molecule has 2 heterocycles.